The summed E-state index contributed by atoms with van der Waals surface area (Å²) < 4.78 is 0. The van der Waals surface area contributed by atoms with Gasteiger partial charge in [0.25, 0.3) is 0 Å². The third-order valence-corrected chi connectivity index (χ3v) is 2.85. The molecule has 0 saturated carbocycles. The van der Waals surface area contributed by atoms with E-state index in [1.807, 2.05) is 24.3 Å². The molecule has 1 unspecified atom stereocenters. The van der Waals surface area contributed by atoms with Gasteiger partial charge in [0.05, 0.1) is 0 Å². The van der Waals surface area contributed by atoms with Gasteiger partial charge < -0.3 is 5.11 Å². The summed E-state index contributed by atoms with van der Waals surface area (Å²) in [5, 5.41) is 8.60. The highest BCUT2D eigenvalue weighted by Gasteiger charge is 2.20. The van der Waals surface area contributed by atoms with Crippen LogP contribution in [0.15, 0.2) is 24.3 Å². The molecule has 0 fully saturated rings. The largest absolute Gasteiger partial charge is 0.475 e. The predicted octanol–water partition coefficient (Wildman–Crippen LogP) is 2.64. The highest BCUT2D eigenvalue weighted by atomic mass is 16.4. The quantitative estimate of drug-likeness (QED) is 0.797. The molecule has 0 saturated heterocycles. The Morgan fingerprint density at radius 1 is 1.12 bits per heavy atom. The van der Waals surface area contributed by atoms with Crippen LogP contribution in [0.4, 0.5) is 0 Å². The number of carboxylic acid groups (broad SMARTS) is 1. The zero-order valence-corrected chi connectivity index (χ0v) is 10.4. The summed E-state index contributed by atoms with van der Waals surface area (Å²) in [5.41, 5.74) is 2.24. The minimum absolute atomic E-state index is 0.474. The van der Waals surface area contributed by atoms with Gasteiger partial charge in [-0.25, -0.2) is 4.79 Å². The van der Waals surface area contributed by atoms with Crippen LogP contribution < -0.4 is 0 Å². The van der Waals surface area contributed by atoms with Gasteiger partial charge in [-0.1, -0.05) is 45.0 Å². The second-order valence-electron chi connectivity index (χ2n) is 4.67. The standard InChI is InChI=1S/C14H18O3/c1-9(2)12-6-4-11(5-7-12)8-10(3)13(15)14(16)17/h4-7,9-10H,8H2,1-3H3,(H,16,17). The third-order valence-electron chi connectivity index (χ3n) is 2.85. The van der Waals surface area contributed by atoms with Crippen LogP contribution in [-0.4, -0.2) is 16.9 Å². The van der Waals surface area contributed by atoms with Crippen molar-refractivity contribution >= 4 is 11.8 Å². The first-order valence-corrected chi connectivity index (χ1v) is 5.77. The lowest BCUT2D eigenvalue weighted by Gasteiger charge is -2.09. The summed E-state index contributed by atoms with van der Waals surface area (Å²) in [6, 6.07) is 7.97. The molecule has 0 bridgehead atoms. The zero-order chi connectivity index (χ0) is 13.0. The van der Waals surface area contributed by atoms with E-state index in [-0.39, 0.29) is 0 Å². The number of aliphatic carboxylic acids is 1. The first-order chi connectivity index (χ1) is 7.91. The van der Waals surface area contributed by atoms with E-state index in [0.717, 1.165) is 5.56 Å². The highest BCUT2D eigenvalue weighted by Crippen LogP contribution is 2.16. The lowest BCUT2D eigenvalue weighted by atomic mass is 9.95. The van der Waals surface area contributed by atoms with E-state index in [0.29, 0.717) is 12.3 Å². The second kappa shape index (κ2) is 5.62. The average molecular weight is 234 g/mol. The molecule has 1 rings (SSSR count). The number of carbonyl (C=O) groups excluding carboxylic acids is 1. The molecule has 17 heavy (non-hydrogen) atoms. The number of hydrogen-bond acceptors (Lipinski definition) is 2. The Bertz CT molecular complexity index is 404. The predicted molar refractivity (Wildman–Crippen MR) is 66.0 cm³/mol. The molecule has 0 aromatic heterocycles. The molecule has 0 amide bonds. The number of rotatable bonds is 5. The van der Waals surface area contributed by atoms with Crippen molar-refractivity contribution in [3.8, 4) is 0 Å². The van der Waals surface area contributed by atoms with Gasteiger partial charge >= 0.3 is 5.97 Å². The molecule has 0 radical (unpaired) electrons. The molecule has 3 heteroatoms. The molecule has 0 aliphatic rings. The molecule has 0 spiro atoms. The first kappa shape index (κ1) is 13.4. The van der Waals surface area contributed by atoms with Crippen LogP contribution in [0.2, 0.25) is 0 Å². The van der Waals surface area contributed by atoms with Crippen molar-refractivity contribution in [3.63, 3.8) is 0 Å². The highest BCUT2D eigenvalue weighted by molar-refractivity contribution is 6.33. The molecule has 1 aromatic rings. The summed E-state index contributed by atoms with van der Waals surface area (Å²) in [5.74, 6) is -2.08. The number of carboxylic acids is 1. The monoisotopic (exact) mass is 234 g/mol. The lowest BCUT2D eigenvalue weighted by Crippen LogP contribution is -2.22. The topological polar surface area (TPSA) is 54.4 Å². The number of benzene rings is 1. The summed E-state index contributed by atoms with van der Waals surface area (Å²) in [7, 11) is 0. The molecule has 1 aromatic carbocycles. The van der Waals surface area contributed by atoms with Crippen molar-refractivity contribution in [2.75, 3.05) is 0 Å². The van der Waals surface area contributed by atoms with Gasteiger partial charge in [0.1, 0.15) is 0 Å². The van der Waals surface area contributed by atoms with Gasteiger partial charge in [0, 0.05) is 5.92 Å². The van der Waals surface area contributed by atoms with E-state index in [2.05, 4.69) is 13.8 Å². The van der Waals surface area contributed by atoms with E-state index in [1.165, 1.54) is 5.56 Å². The van der Waals surface area contributed by atoms with Gasteiger partial charge in [-0.05, 0) is 23.5 Å². The van der Waals surface area contributed by atoms with E-state index in [4.69, 9.17) is 5.11 Å². The van der Waals surface area contributed by atoms with Crippen molar-refractivity contribution in [1.82, 2.24) is 0 Å². The van der Waals surface area contributed by atoms with Crippen LogP contribution >= 0.6 is 0 Å². The molecule has 0 aliphatic heterocycles. The van der Waals surface area contributed by atoms with Gasteiger partial charge in [-0.2, -0.15) is 0 Å². The molecule has 92 valence electrons. The minimum atomic E-state index is -1.35. The van der Waals surface area contributed by atoms with Gasteiger partial charge in [0.15, 0.2) is 0 Å². The average Bonchev–Trinajstić information content (AvgIpc) is 2.28. The summed E-state index contributed by atoms with van der Waals surface area (Å²) in [4.78, 5) is 21.7. The Morgan fingerprint density at radius 3 is 2.06 bits per heavy atom. The molecular formula is C14H18O3. The number of hydrogen-bond donors (Lipinski definition) is 1. The molecule has 0 aliphatic carbocycles. The van der Waals surface area contributed by atoms with Crippen molar-refractivity contribution in [2.24, 2.45) is 5.92 Å². The Kier molecular flexibility index (Phi) is 4.44. The summed E-state index contributed by atoms with van der Waals surface area (Å²) in [6.45, 7) is 5.88. The fraction of sp³-hybridized carbons (Fsp3) is 0.429. The fourth-order valence-electron chi connectivity index (χ4n) is 1.70. The number of carbonyl (C=O) groups is 2. The maximum absolute atomic E-state index is 11.2. The maximum Gasteiger partial charge on any atom is 0.372 e. The van der Waals surface area contributed by atoms with Crippen molar-refractivity contribution in [3.05, 3.63) is 35.4 Å². The first-order valence-electron chi connectivity index (χ1n) is 5.77. The van der Waals surface area contributed by atoms with E-state index in [9.17, 15) is 9.59 Å². The minimum Gasteiger partial charge on any atom is -0.475 e. The summed E-state index contributed by atoms with van der Waals surface area (Å²) >= 11 is 0. The smallest absolute Gasteiger partial charge is 0.372 e. The van der Waals surface area contributed by atoms with Crippen molar-refractivity contribution in [2.45, 2.75) is 33.1 Å². The van der Waals surface area contributed by atoms with E-state index >= 15 is 0 Å². The van der Waals surface area contributed by atoms with Gasteiger partial charge in [-0.3, -0.25) is 4.79 Å². The van der Waals surface area contributed by atoms with Crippen molar-refractivity contribution < 1.29 is 14.7 Å². The Morgan fingerprint density at radius 2 is 1.65 bits per heavy atom. The molecule has 3 nitrogen and oxygen atoms in total. The molecule has 1 atom stereocenters. The fourth-order valence-corrected chi connectivity index (χ4v) is 1.70. The number of ketones is 1. The summed E-state index contributed by atoms with van der Waals surface area (Å²) in [6.07, 6.45) is 0.476. The van der Waals surface area contributed by atoms with Crippen LogP contribution in [0.1, 0.15) is 37.8 Å². The van der Waals surface area contributed by atoms with Crippen LogP contribution in [0, 0.1) is 5.92 Å². The van der Waals surface area contributed by atoms with E-state index < -0.39 is 17.7 Å². The van der Waals surface area contributed by atoms with Gasteiger partial charge in [-0.15, -0.1) is 0 Å². The zero-order valence-electron chi connectivity index (χ0n) is 10.4. The van der Waals surface area contributed by atoms with Crippen LogP contribution in [-0.2, 0) is 16.0 Å². The van der Waals surface area contributed by atoms with E-state index in [1.54, 1.807) is 6.92 Å². The Labute approximate surface area is 101 Å². The lowest BCUT2D eigenvalue weighted by molar-refractivity contribution is -0.150. The van der Waals surface area contributed by atoms with Crippen LogP contribution in [0.25, 0.3) is 0 Å². The molecular weight excluding hydrogens is 216 g/mol. The normalized spacial score (nSPS) is 12.5. The van der Waals surface area contributed by atoms with Crippen molar-refractivity contribution in [1.29, 1.82) is 0 Å². The molecule has 0 heterocycles. The maximum atomic E-state index is 11.2. The van der Waals surface area contributed by atoms with Gasteiger partial charge in [0.2, 0.25) is 5.78 Å². The number of Topliss-reactive ketones (excluding diaryl/α,β-unsaturated/α-hetero) is 1. The Hall–Kier alpha value is -1.64. The third kappa shape index (κ3) is 3.70. The molecule has 1 N–H and O–H groups in total. The second-order valence-corrected chi connectivity index (χ2v) is 4.67. The Balaban J connectivity index is 2.69. The van der Waals surface area contributed by atoms with Crippen LogP contribution in [0.5, 0.6) is 0 Å². The SMILES string of the molecule is CC(Cc1ccc(C(C)C)cc1)C(=O)C(=O)O. The van der Waals surface area contributed by atoms with Crippen LogP contribution in [0.3, 0.4) is 0 Å².